The van der Waals surface area contributed by atoms with Gasteiger partial charge in [-0.2, -0.15) is 5.10 Å². The highest BCUT2D eigenvalue weighted by Crippen LogP contribution is 2.19. The highest BCUT2D eigenvalue weighted by molar-refractivity contribution is 5.78. The van der Waals surface area contributed by atoms with Gasteiger partial charge in [0.2, 0.25) is 5.91 Å². The van der Waals surface area contributed by atoms with Crippen LogP contribution in [0, 0.1) is 0 Å². The van der Waals surface area contributed by atoms with Gasteiger partial charge in [-0.05, 0) is 31.4 Å². The molecule has 2 heterocycles. The third kappa shape index (κ3) is 3.85. The number of amides is 1. The van der Waals surface area contributed by atoms with E-state index in [1.807, 2.05) is 24.3 Å². The van der Waals surface area contributed by atoms with Crippen LogP contribution in [0.5, 0.6) is 0 Å². The molecule has 0 atom stereocenters. The fourth-order valence-corrected chi connectivity index (χ4v) is 3.19. The molecule has 1 amide bonds. The summed E-state index contributed by atoms with van der Waals surface area (Å²) in [4.78, 5) is 17.0. The Bertz CT molecular complexity index is 707. The van der Waals surface area contributed by atoms with E-state index in [1.165, 1.54) is 11.1 Å². The molecule has 5 nitrogen and oxygen atoms in total. The summed E-state index contributed by atoms with van der Waals surface area (Å²) in [7, 11) is 1.92. The standard InChI is InChI=1S/C19H26N4O/c1-15(2)23(12-16-10-20-21(3)11-16)14-19(24)22-9-8-17-6-4-5-7-18(17)13-22/h4-7,10-11,15H,8-9,12-14H2,1-3H3. The zero-order chi connectivity index (χ0) is 17.1. The Labute approximate surface area is 143 Å². The second-order valence-corrected chi connectivity index (χ2v) is 6.85. The van der Waals surface area contributed by atoms with E-state index in [-0.39, 0.29) is 5.91 Å². The van der Waals surface area contributed by atoms with E-state index < -0.39 is 0 Å². The maximum absolute atomic E-state index is 12.8. The Morgan fingerprint density at radius 3 is 2.71 bits per heavy atom. The summed E-state index contributed by atoms with van der Waals surface area (Å²) >= 11 is 0. The molecule has 0 saturated heterocycles. The maximum atomic E-state index is 12.8. The summed E-state index contributed by atoms with van der Waals surface area (Å²) in [6.45, 7) is 7.02. The molecule has 0 spiro atoms. The molecule has 1 aromatic heterocycles. The molecule has 1 aromatic carbocycles. The number of carbonyl (C=O) groups excluding carboxylic acids is 1. The van der Waals surface area contributed by atoms with Crippen molar-refractivity contribution in [3.8, 4) is 0 Å². The molecule has 5 heteroatoms. The van der Waals surface area contributed by atoms with Crippen LogP contribution >= 0.6 is 0 Å². The lowest BCUT2D eigenvalue weighted by Crippen LogP contribution is -2.44. The number of rotatable bonds is 5. The molecule has 0 bridgehead atoms. The number of carbonyl (C=O) groups is 1. The van der Waals surface area contributed by atoms with Crippen molar-refractivity contribution in [2.75, 3.05) is 13.1 Å². The van der Waals surface area contributed by atoms with Crippen LogP contribution in [0.15, 0.2) is 36.7 Å². The van der Waals surface area contributed by atoms with Gasteiger partial charge in [0, 0.05) is 44.5 Å². The van der Waals surface area contributed by atoms with Crippen molar-refractivity contribution in [1.29, 1.82) is 0 Å². The van der Waals surface area contributed by atoms with Crippen LogP contribution in [0.1, 0.15) is 30.5 Å². The van der Waals surface area contributed by atoms with E-state index in [1.54, 1.807) is 4.68 Å². The van der Waals surface area contributed by atoms with Crippen LogP contribution in [0.3, 0.4) is 0 Å². The quantitative estimate of drug-likeness (QED) is 0.846. The lowest BCUT2D eigenvalue weighted by Gasteiger charge is -2.32. The fraction of sp³-hybridized carbons (Fsp3) is 0.474. The van der Waals surface area contributed by atoms with Gasteiger partial charge >= 0.3 is 0 Å². The first-order chi connectivity index (χ1) is 11.5. The topological polar surface area (TPSA) is 41.4 Å². The average Bonchev–Trinajstić information content (AvgIpc) is 2.98. The van der Waals surface area contributed by atoms with Gasteiger partial charge in [0.25, 0.3) is 0 Å². The van der Waals surface area contributed by atoms with E-state index in [2.05, 4.69) is 48.1 Å². The molecule has 128 valence electrons. The molecule has 2 aromatic rings. The molecule has 0 unspecified atom stereocenters. The number of hydrogen-bond acceptors (Lipinski definition) is 3. The minimum atomic E-state index is 0.210. The zero-order valence-corrected chi connectivity index (χ0v) is 14.8. The molecule has 0 fully saturated rings. The van der Waals surface area contributed by atoms with Gasteiger partial charge in [-0.15, -0.1) is 0 Å². The highest BCUT2D eigenvalue weighted by Gasteiger charge is 2.23. The van der Waals surface area contributed by atoms with Crippen molar-refractivity contribution in [2.24, 2.45) is 7.05 Å². The van der Waals surface area contributed by atoms with Gasteiger partial charge < -0.3 is 4.90 Å². The van der Waals surface area contributed by atoms with Crippen molar-refractivity contribution < 1.29 is 4.79 Å². The molecule has 0 radical (unpaired) electrons. The van der Waals surface area contributed by atoms with E-state index >= 15 is 0 Å². The van der Waals surface area contributed by atoms with Crippen molar-refractivity contribution in [3.63, 3.8) is 0 Å². The van der Waals surface area contributed by atoms with Crippen molar-refractivity contribution >= 4 is 5.91 Å². The SMILES string of the molecule is CC(C)N(CC(=O)N1CCc2ccccc2C1)Cc1cnn(C)c1. The summed E-state index contributed by atoms with van der Waals surface area (Å²) in [6.07, 6.45) is 4.83. The number of aromatic nitrogens is 2. The molecule has 1 aliphatic heterocycles. The predicted molar refractivity (Wildman–Crippen MR) is 94.3 cm³/mol. The predicted octanol–water partition coefficient (Wildman–Crippen LogP) is 2.22. The zero-order valence-electron chi connectivity index (χ0n) is 14.8. The largest absolute Gasteiger partial charge is 0.337 e. The summed E-state index contributed by atoms with van der Waals surface area (Å²) in [5.41, 5.74) is 3.79. The minimum absolute atomic E-state index is 0.210. The first kappa shape index (κ1) is 16.7. The number of hydrogen-bond donors (Lipinski definition) is 0. The van der Waals surface area contributed by atoms with Crippen molar-refractivity contribution in [3.05, 3.63) is 53.3 Å². The molecular weight excluding hydrogens is 300 g/mol. The Morgan fingerprint density at radius 1 is 1.29 bits per heavy atom. The molecule has 0 saturated carbocycles. The first-order valence-corrected chi connectivity index (χ1v) is 8.59. The van der Waals surface area contributed by atoms with Gasteiger partial charge in [0.1, 0.15) is 0 Å². The molecule has 3 rings (SSSR count). The number of benzene rings is 1. The fourth-order valence-electron chi connectivity index (χ4n) is 3.19. The minimum Gasteiger partial charge on any atom is -0.337 e. The van der Waals surface area contributed by atoms with Gasteiger partial charge in [0.05, 0.1) is 12.7 Å². The molecule has 24 heavy (non-hydrogen) atoms. The van der Waals surface area contributed by atoms with Crippen LogP contribution < -0.4 is 0 Å². The van der Waals surface area contributed by atoms with E-state index in [0.29, 0.717) is 12.6 Å². The van der Waals surface area contributed by atoms with Crippen LogP contribution in [-0.4, -0.2) is 44.6 Å². The third-order valence-electron chi connectivity index (χ3n) is 4.70. The lowest BCUT2D eigenvalue weighted by molar-refractivity contribution is -0.134. The lowest BCUT2D eigenvalue weighted by atomic mass is 10.00. The number of nitrogens with zero attached hydrogens (tertiary/aromatic N) is 4. The van der Waals surface area contributed by atoms with E-state index in [0.717, 1.165) is 31.6 Å². The van der Waals surface area contributed by atoms with Crippen LogP contribution in [-0.2, 0) is 31.4 Å². The number of fused-ring (bicyclic) bond motifs is 1. The number of aryl methyl sites for hydroxylation is 1. The summed E-state index contributed by atoms with van der Waals surface area (Å²) in [5.74, 6) is 0.210. The third-order valence-corrected chi connectivity index (χ3v) is 4.70. The van der Waals surface area contributed by atoms with Gasteiger partial charge in [-0.3, -0.25) is 14.4 Å². The molecule has 1 aliphatic rings. The smallest absolute Gasteiger partial charge is 0.237 e. The summed E-state index contributed by atoms with van der Waals surface area (Å²) < 4.78 is 1.80. The second-order valence-electron chi connectivity index (χ2n) is 6.85. The molecule has 0 N–H and O–H groups in total. The van der Waals surface area contributed by atoms with Crippen LogP contribution in [0.2, 0.25) is 0 Å². The van der Waals surface area contributed by atoms with E-state index in [9.17, 15) is 4.79 Å². The normalized spacial score (nSPS) is 14.3. The van der Waals surface area contributed by atoms with Crippen molar-refractivity contribution in [1.82, 2.24) is 19.6 Å². The monoisotopic (exact) mass is 326 g/mol. The van der Waals surface area contributed by atoms with Gasteiger partial charge in [-0.25, -0.2) is 0 Å². The second kappa shape index (κ2) is 7.18. The maximum Gasteiger partial charge on any atom is 0.237 e. The van der Waals surface area contributed by atoms with Crippen molar-refractivity contribution in [2.45, 2.75) is 39.4 Å². The molecule has 0 aliphatic carbocycles. The van der Waals surface area contributed by atoms with E-state index in [4.69, 9.17) is 0 Å². The highest BCUT2D eigenvalue weighted by atomic mass is 16.2. The summed E-state index contributed by atoms with van der Waals surface area (Å²) in [5, 5.41) is 4.22. The van der Waals surface area contributed by atoms with Gasteiger partial charge in [0.15, 0.2) is 0 Å². The average molecular weight is 326 g/mol. The van der Waals surface area contributed by atoms with Gasteiger partial charge in [-0.1, -0.05) is 24.3 Å². The Morgan fingerprint density at radius 2 is 2.04 bits per heavy atom. The van der Waals surface area contributed by atoms with Crippen LogP contribution in [0.25, 0.3) is 0 Å². The van der Waals surface area contributed by atoms with Crippen LogP contribution in [0.4, 0.5) is 0 Å². The molecular formula is C19H26N4O. The summed E-state index contributed by atoms with van der Waals surface area (Å²) in [6, 6.07) is 8.73. The Hall–Kier alpha value is -2.14. The Kier molecular flexibility index (Phi) is 5.00. The first-order valence-electron chi connectivity index (χ1n) is 8.59. The Balaban J connectivity index is 1.64.